The molecule has 0 saturated carbocycles. The Balaban J connectivity index is 1.92. The summed E-state index contributed by atoms with van der Waals surface area (Å²) in [6, 6.07) is 2.03. The Bertz CT molecular complexity index is 552. The number of anilines is 1. The van der Waals surface area contributed by atoms with Gasteiger partial charge in [0.15, 0.2) is 0 Å². The molecule has 0 aliphatic carbocycles. The Morgan fingerprint density at radius 2 is 2.22 bits per heavy atom. The first-order chi connectivity index (χ1) is 8.66. The largest absolute Gasteiger partial charge is 0.390 e. The number of hydrogen-bond acceptors (Lipinski definition) is 5. The fourth-order valence-corrected chi connectivity index (χ4v) is 3.34. The van der Waals surface area contributed by atoms with Crippen LogP contribution in [0.3, 0.4) is 0 Å². The summed E-state index contributed by atoms with van der Waals surface area (Å²) in [6.45, 7) is 3.74. The lowest BCUT2D eigenvalue weighted by Gasteiger charge is -2.23. The molecule has 18 heavy (non-hydrogen) atoms. The summed E-state index contributed by atoms with van der Waals surface area (Å²) in [6.07, 6.45) is 4.29. The highest BCUT2D eigenvalue weighted by molar-refractivity contribution is 7.17. The molecule has 3 rings (SSSR count). The van der Waals surface area contributed by atoms with Crippen LogP contribution >= 0.6 is 11.3 Å². The topological polar surface area (TPSA) is 49.2 Å². The number of rotatable bonds is 1. The van der Waals surface area contributed by atoms with Gasteiger partial charge in [0.1, 0.15) is 12.1 Å². The van der Waals surface area contributed by atoms with Crippen molar-refractivity contribution < 1.29 is 5.11 Å². The SMILES string of the molecule is CC1(O)CCCN(c2ncnc3ccsc23)CC1. The first-order valence-electron chi connectivity index (χ1n) is 6.31. The molecule has 1 unspecified atom stereocenters. The highest BCUT2D eigenvalue weighted by Gasteiger charge is 2.26. The molecule has 1 N–H and O–H groups in total. The third-order valence-electron chi connectivity index (χ3n) is 3.59. The molecule has 0 aromatic carbocycles. The van der Waals surface area contributed by atoms with Gasteiger partial charge in [0.25, 0.3) is 0 Å². The first kappa shape index (κ1) is 11.9. The highest BCUT2D eigenvalue weighted by atomic mass is 32.1. The normalized spacial score (nSPS) is 25.3. The van der Waals surface area contributed by atoms with Crippen molar-refractivity contribution in [3.05, 3.63) is 17.8 Å². The van der Waals surface area contributed by atoms with Crippen molar-refractivity contribution >= 4 is 27.4 Å². The summed E-state index contributed by atoms with van der Waals surface area (Å²) in [5.74, 6) is 1.02. The van der Waals surface area contributed by atoms with E-state index >= 15 is 0 Å². The maximum Gasteiger partial charge on any atom is 0.150 e. The minimum Gasteiger partial charge on any atom is -0.390 e. The van der Waals surface area contributed by atoms with E-state index in [1.165, 1.54) is 0 Å². The zero-order valence-electron chi connectivity index (χ0n) is 10.5. The molecule has 5 heteroatoms. The molecule has 2 aromatic rings. The van der Waals surface area contributed by atoms with E-state index in [0.717, 1.165) is 48.4 Å². The van der Waals surface area contributed by atoms with Gasteiger partial charge in [0.2, 0.25) is 0 Å². The Morgan fingerprint density at radius 1 is 1.33 bits per heavy atom. The van der Waals surface area contributed by atoms with Crippen LogP contribution in [0.4, 0.5) is 5.82 Å². The van der Waals surface area contributed by atoms with E-state index in [2.05, 4.69) is 20.2 Å². The lowest BCUT2D eigenvalue weighted by atomic mass is 9.98. The van der Waals surface area contributed by atoms with Gasteiger partial charge in [-0.05, 0) is 37.6 Å². The van der Waals surface area contributed by atoms with Crippen LogP contribution in [0.2, 0.25) is 0 Å². The van der Waals surface area contributed by atoms with Gasteiger partial charge in [-0.3, -0.25) is 0 Å². The number of fused-ring (bicyclic) bond motifs is 1. The molecule has 1 fully saturated rings. The lowest BCUT2D eigenvalue weighted by molar-refractivity contribution is 0.0481. The van der Waals surface area contributed by atoms with Crippen molar-refractivity contribution in [2.45, 2.75) is 31.8 Å². The molecule has 0 amide bonds. The monoisotopic (exact) mass is 263 g/mol. The van der Waals surface area contributed by atoms with Crippen LogP contribution in [0.25, 0.3) is 10.2 Å². The van der Waals surface area contributed by atoms with E-state index in [4.69, 9.17) is 0 Å². The summed E-state index contributed by atoms with van der Waals surface area (Å²) in [4.78, 5) is 11.0. The fourth-order valence-electron chi connectivity index (χ4n) is 2.48. The second-order valence-corrected chi connectivity index (χ2v) is 6.09. The van der Waals surface area contributed by atoms with E-state index < -0.39 is 5.60 Å². The molecule has 1 aliphatic heterocycles. The minimum atomic E-state index is -0.531. The first-order valence-corrected chi connectivity index (χ1v) is 7.19. The van der Waals surface area contributed by atoms with Crippen LogP contribution in [-0.2, 0) is 0 Å². The average molecular weight is 263 g/mol. The predicted molar refractivity (Wildman–Crippen MR) is 74.1 cm³/mol. The molecule has 1 aliphatic rings. The van der Waals surface area contributed by atoms with Gasteiger partial charge < -0.3 is 10.0 Å². The third kappa shape index (κ3) is 2.20. The minimum absolute atomic E-state index is 0.531. The molecular formula is C13H17N3OS. The van der Waals surface area contributed by atoms with Crippen LogP contribution in [0.1, 0.15) is 26.2 Å². The van der Waals surface area contributed by atoms with Crippen LogP contribution in [0.15, 0.2) is 17.8 Å². The number of aromatic nitrogens is 2. The summed E-state index contributed by atoms with van der Waals surface area (Å²) in [5, 5.41) is 12.2. The summed E-state index contributed by atoms with van der Waals surface area (Å²) < 4.78 is 1.15. The molecule has 0 bridgehead atoms. The molecular weight excluding hydrogens is 246 g/mol. The highest BCUT2D eigenvalue weighted by Crippen LogP contribution is 2.30. The Hall–Kier alpha value is -1.20. The van der Waals surface area contributed by atoms with Crippen molar-refractivity contribution in [3.8, 4) is 0 Å². The Kier molecular flexibility index (Phi) is 2.95. The Labute approximate surface area is 110 Å². The molecule has 1 saturated heterocycles. The number of nitrogens with zero attached hydrogens (tertiary/aromatic N) is 3. The van der Waals surface area contributed by atoms with E-state index in [0.29, 0.717) is 0 Å². The second kappa shape index (κ2) is 4.48. The van der Waals surface area contributed by atoms with E-state index in [-0.39, 0.29) is 0 Å². The Morgan fingerprint density at radius 3 is 3.11 bits per heavy atom. The number of hydrogen-bond donors (Lipinski definition) is 1. The fraction of sp³-hybridized carbons (Fsp3) is 0.538. The third-order valence-corrected chi connectivity index (χ3v) is 4.49. The zero-order chi connectivity index (χ0) is 12.6. The summed E-state index contributed by atoms with van der Waals surface area (Å²) in [5.41, 5.74) is 0.483. The number of aliphatic hydroxyl groups is 1. The summed E-state index contributed by atoms with van der Waals surface area (Å²) in [7, 11) is 0. The smallest absolute Gasteiger partial charge is 0.150 e. The van der Waals surface area contributed by atoms with Gasteiger partial charge >= 0.3 is 0 Å². The van der Waals surface area contributed by atoms with Gasteiger partial charge in [-0.2, -0.15) is 0 Å². The molecule has 0 radical (unpaired) electrons. The maximum absolute atomic E-state index is 10.1. The molecule has 1 atom stereocenters. The van der Waals surface area contributed by atoms with Gasteiger partial charge in [-0.15, -0.1) is 11.3 Å². The van der Waals surface area contributed by atoms with E-state index in [1.807, 2.05) is 13.0 Å². The molecule has 0 spiro atoms. The number of thiophene rings is 1. The predicted octanol–water partition coefficient (Wildman–Crippen LogP) is 2.43. The van der Waals surface area contributed by atoms with Crippen molar-refractivity contribution in [1.82, 2.24) is 9.97 Å². The van der Waals surface area contributed by atoms with Crippen molar-refractivity contribution in [1.29, 1.82) is 0 Å². The van der Waals surface area contributed by atoms with Gasteiger partial charge in [-0.1, -0.05) is 0 Å². The molecule has 96 valence electrons. The van der Waals surface area contributed by atoms with Crippen LogP contribution in [-0.4, -0.2) is 33.8 Å². The maximum atomic E-state index is 10.1. The quantitative estimate of drug-likeness (QED) is 0.858. The second-order valence-electron chi connectivity index (χ2n) is 5.17. The molecule has 4 nitrogen and oxygen atoms in total. The van der Waals surface area contributed by atoms with Crippen LogP contribution < -0.4 is 4.90 Å². The van der Waals surface area contributed by atoms with Crippen molar-refractivity contribution in [2.24, 2.45) is 0 Å². The van der Waals surface area contributed by atoms with Gasteiger partial charge in [-0.25, -0.2) is 9.97 Å². The van der Waals surface area contributed by atoms with E-state index in [1.54, 1.807) is 17.7 Å². The van der Waals surface area contributed by atoms with Crippen LogP contribution in [0, 0.1) is 0 Å². The van der Waals surface area contributed by atoms with E-state index in [9.17, 15) is 5.11 Å². The van der Waals surface area contributed by atoms with Crippen LogP contribution in [0.5, 0.6) is 0 Å². The van der Waals surface area contributed by atoms with Crippen molar-refractivity contribution in [3.63, 3.8) is 0 Å². The van der Waals surface area contributed by atoms with Gasteiger partial charge in [0.05, 0.1) is 15.8 Å². The lowest BCUT2D eigenvalue weighted by Crippen LogP contribution is -2.28. The molecule has 3 heterocycles. The standard InChI is InChI=1S/C13H17N3OS/c1-13(17)4-2-6-16(7-5-13)12-11-10(3-8-18-11)14-9-15-12/h3,8-9,17H,2,4-7H2,1H3. The molecule has 2 aromatic heterocycles. The summed E-state index contributed by atoms with van der Waals surface area (Å²) >= 11 is 1.69. The average Bonchev–Trinajstić information content (AvgIpc) is 2.74. The van der Waals surface area contributed by atoms with Gasteiger partial charge in [0, 0.05) is 13.1 Å². The zero-order valence-corrected chi connectivity index (χ0v) is 11.3. The van der Waals surface area contributed by atoms with Crippen molar-refractivity contribution in [2.75, 3.05) is 18.0 Å².